The Kier molecular flexibility index (Phi) is 44.7. The second-order valence-corrected chi connectivity index (χ2v) is 19.2. The molecule has 0 spiro atoms. The van der Waals surface area contributed by atoms with Gasteiger partial charge in [-0.3, -0.25) is 14.4 Å². The summed E-state index contributed by atoms with van der Waals surface area (Å²) in [5.41, 5.74) is 0. The zero-order chi connectivity index (χ0) is 53.3. The van der Waals surface area contributed by atoms with E-state index in [9.17, 15) is 34.5 Å². The molecule has 0 amide bonds. The number of aliphatic hydroxyl groups is 2. The third-order valence-corrected chi connectivity index (χ3v) is 12.4. The lowest BCUT2D eigenvalue weighted by molar-refractivity contribution is -0.301. The van der Waals surface area contributed by atoms with Crippen LogP contribution in [0.25, 0.3) is 0 Å². The first-order chi connectivity index (χ1) is 35.6. The van der Waals surface area contributed by atoms with E-state index in [4.69, 9.17) is 23.7 Å². The van der Waals surface area contributed by atoms with Crippen LogP contribution in [0.4, 0.5) is 0 Å². The fraction of sp³-hybridized carbons (Fsp3) is 0.705. The van der Waals surface area contributed by atoms with Crippen molar-refractivity contribution in [2.75, 3.05) is 13.2 Å². The molecular weight excluding hydrogens is 925 g/mol. The van der Waals surface area contributed by atoms with Crippen LogP contribution in [-0.4, -0.2) is 89.2 Å². The van der Waals surface area contributed by atoms with Crippen molar-refractivity contribution in [3.63, 3.8) is 0 Å². The van der Waals surface area contributed by atoms with Gasteiger partial charge in [0.1, 0.15) is 18.8 Å². The van der Waals surface area contributed by atoms with Gasteiger partial charge in [0.25, 0.3) is 0 Å². The molecule has 1 rings (SSSR count). The summed E-state index contributed by atoms with van der Waals surface area (Å²) in [6, 6.07) is 0. The first kappa shape index (κ1) is 66.9. The number of unbranched alkanes of at least 4 members (excludes halogenated alkanes) is 19. The molecule has 0 bridgehead atoms. The molecule has 12 heteroatoms. The molecule has 73 heavy (non-hydrogen) atoms. The summed E-state index contributed by atoms with van der Waals surface area (Å²) >= 11 is 0. The first-order valence-electron chi connectivity index (χ1n) is 28.6. The van der Waals surface area contributed by atoms with Crippen LogP contribution < -0.4 is 0 Å². The molecule has 3 N–H and O–H groups in total. The smallest absolute Gasteiger partial charge is 0.335 e. The number of allylic oxidation sites excluding steroid dienone is 14. The number of hydrogen-bond donors (Lipinski definition) is 3. The van der Waals surface area contributed by atoms with Gasteiger partial charge in [-0.05, 0) is 109 Å². The van der Waals surface area contributed by atoms with Crippen LogP contribution in [0.1, 0.15) is 226 Å². The molecule has 0 saturated carbocycles. The van der Waals surface area contributed by atoms with Crippen molar-refractivity contribution in [3.05, 3.63) is 85.1 Å². The third-order valence-electron chi connectivity index (χ3n) is 12.4. The molecule has 1 fully saturated rings. The molecule has 0 radical (unpaired) electrons. The molecule has 1 heterocycles. The van der Waals surface area contributed by atoms with Crippen LogP contribution >= 0.6 is 0 Å². The summed E-state index contributed by atoms with van der Waals surface area (Å²) in [4.78, 5) is 51.0. The lowest BCUT2D eigenvalue weighted by Crippen LogP contribution is -2.61. The number of carbonyl (C=O) groups excluding carboxylic acids is 3. The standard InChI is InChI=1S/C61H100O12/c1-4-7-10-13-16-19-22-25-27-30-32-35-38-41-44-47-53(62)69-50-52(71-54(63)48-45-42-39-36-33-29-24-21-18-15-12-9-6-3)51-70-61-59(57(66)56(65)58(73-61)60(67)68)72-55(64)49-46-43-40-37-34-31-28-26-23-20-17-14-11-8-5-2/h7,10,12,15-16,19,21,24-28,32,35,52,56-59,61,65-66H,4-6,8-9,11,13-14,17-18,20,22-23,29-31,33-34,36-51H2,1-3H3,(H,67,68)/b10-7-,15-12-,19-16-,24-21-,27-25-,28-26-,35-32-. The summed E-state index contributed by atoms with van der Waals surface area (Å²) in [6.45, 7) is 5.74. The Morgan fingerprint density at radius 3 is 1.41 bits per heavy atom. The average molecular weight is 1030 g/mol. The summed E-state index contributed by atoms with van der Waals surface area (Å²) in [7, 11) is 0. The number of aliphatic hydroxyl groups excluding tert-OH is 2. The molecule has 0 aromatic carbocycles. The summed E-state index contributed by atoms with van der Waals surface area (Å²) < 4.78 is 28.3. The minimum absolute atomic E-state index is 0.0419. The van der Waals surface area contributed by atoms with Crippen LogP contribution in [0, 0.1) is 0 Å². The largest absolute Gasteiger partial charge is 0.479 e. The fourth-order valence-corrected chi connectivity index (χ4v) is 8.04. The quantitative estimate of drug-likeness (QED) is 0.0228. The van der Waals surface area contributed by atoms with Crippen LogP contribution in [0.2, 0.25) is 0 Å². The minimum Gasteiger partial charge on any atom is -0.479 e. The van der Waals surface area contributed by atoms with Crippen molar-refractivity contribution >= 4 is 23.9 Å². The number of carboxylic acid groups (broad SMARTS) is 1. The van der Waals surface area contributed by atoms with E-state index >= 15 is 0 Å². The van der Waals surface area contributed by atoms with E-state index in [1.165, 1.54) is 38.5 Å². The van der Waals surface area contributed by atoms with Crippen LogP contribution in [0.5, 0.6) is 0 Å². The molecule has 416 valence electrons. The Labute approximate surface area is 441 Å². The Morgan fingerprint density at radius 1 is 0.466 bits per heavy atom. The van der Waals surface area contributed by atoms with Gasteiger partial charge in [0.2, 0.25) is 0 Å². The fourth-order valence-electron chi connectivity index (χ4n) is 8.04. The molecular formula is C61H100O12. The van der Waals surface area contributed by atoms with E-state index < -0.39 is 67.3 Å². The number of rotatable bonds is 47. The Bertz CT molecular complexity index is 1590. The Morgan fingerprint density at radius 2 is 0.890 bits per heavy atom. The van der Waals surface area contributed by atoms with Crippen LogP contribution in [0.3, 0.4) is 0 Å². The third kappa shape index (κ3) is 39.0. The summed E-state index contributed by atoms with van der Waals surface area (Å²) in [6.07, 6.45) is 49.9. The zero-order valence-electron chi connectivity index (χ0n) is 45.6. The lowest BCUT2D eigenvalue weighted by Gasteiger charge is -2.40. The number of aliphatic carboxylic acids is 1. The maximum absolute atomic E-state index is 13.1. The van der Waals surface area contributed by atoms with Gasteiger partial charge in [-0.15, -0.1) is 0 Å². The highest BCUT2D eigenvalue weighted by Gasteiger charge is 2.50. The van der Waals surface area contributed by atoms with Crippen LogP contribution in [-0.2, 0) is 42.9 Å². The van der Waals surface area contributed by atoms with E-state index in [-0.39, 0.29) is 25.9 Å². The number of carboxylic acids is 1. The highest BCUT2D eigenvalue weighted by atomic mass is 16.7. The van der Waals surface area contributed by atoms with Gasteiger partial charge < -0.3 is 39.0 Å². The van der Waals surface area contributed by atoms with Gasteiger partial charge in [0.05, 0.1) is 6.61 Å². The van der Waals surface area contributed by atoms with Crippen molar-refractivity contribution in [1.82, 2.24) is 0 Å². The normalized spacial score (nSPS) is 18.9. The van der Waals surface area contributed by atoms with Crippen molar-refractivity contribution in [1.29, 1.82) is 0 Å². The zero-order valence-corrected chi connectivity index (χ0v) is 45.6. The molecule has 0 aromatic heterocycles. The van der Waals surface area contributed by atoms with Gasteiger partial charge in [-0.1, -0.05) is 183 Å². The first-order valence-corrected chi connectivity index (χ1v) is 28.6. The second-order valence-electron chi connectivity index (χ2n) is 19.2. The Hall–Kier alpha value is -4.10. The number of hydrogen-bond acceptors (Lipinski definition) is 11. The molecule has 0 aliphatic carbocycles. The van der Waals surface area contributed by atoms with Gasteiger partial charge in [-0.25, -0.2) is 4.79 Å². The van der Waals surface area contributed by atoms with Crippen molar-refractivity contribution in [2.24, 2.45) is 0 Å². The maximum atomic E-state index is 13.1. The molecule has 1 aliphatic heterocycles. The summed E-state index contributed by atoms with van der Waals surface area (Å²) in [5.74, 6) is -3.21. The lowest BCUT2D eigenvalue weighted by atomic mass is 9.98. The number of carbonyl (C=O) groups is 4. The molecule has 6 atom stereocenters. The Balaban J connectivity index is 2.75. The highest BCUT2D eigenvalue weighted by molar-refractivity contribution is 5.74. The van der Waals surface area contributed by atoms with Crippen LogP contribution in [0.15, 0.2) is 85.1 Å². The van der Waals surface area contributed by atoms with Crippen molar-refractivity contribution < 1.29 is 58.2 Å². The van der Waals surface area contributed by atoms with E-state index in [1.807, 2.05) is 0 Å². The number of esters is 3. The van der Waals surface area contributed by atoms with Gasteiger partial charge in [-0.2, -0.15) is 0 Å². The van der Waals surface area contributed by atoms with Gasteiger partial charge >= 0.3 is 23.9 Å². The SMILES string of the molecule is CC/C=C\C/C=C\C/C=C\C/C=C\CCCCC(=O)OCC(COC1OC(C(=O)O)C(O)C(O)C1OC(=O)CCCCCCC/C=C\CCCCCCCC)OC(=O)CCCCCCC/C=C\C/C=C\CCC. The predicted octanol–water partition coefficient (Wildman–Crippen LogP) is 14.3. The van der Waals surface area contributed by atoms with E-state index in [2.05, 4.69) is 106 Å². The molecule has 1 saturated heterocycles. The van der Waals surface area contributed by atoms with E-state index in [1.54, 1.807) is 0 Å². The molecule has 1 aliphatic rings. The minimum atomic E-state index is -1.92. The average Bonchev–Trinajstić information content (AvgIpc) is 3.37. The second kappa shape index (κ2) is 48.8. The maximum Gasteiger partial charge on any atom is 0.335 e. The molecule has 0 aromatic rings. The topological polar surface area (TPSA) is 175 Å². The number of ether oxygens (including phenoxy) is 5. The van der Waals surface area contributed by atoms with Gasteiger partial charge in [0, 0.05) is 19.3 Å². The molecule has 6 unspecified atom stereocenters. The highest BCUT2D eigenvalue weighted by Crippen LogP contribution is 2.26. The van der Waals surface area contributed by atoms with Gasteiger partial charge in [0.15, 0.2) is 24.6 Å². The van der Waals surface area contributed by atoms with E-state index in [0.29, 0.717) is 19.3 Å². The molecule has 12 nitrogen and oxygen atoms in total. The predicted molar refractivity (Wildman–Crippen MR) is 294 cm³/mol. The van der Waals surface area contributed by atoms with Crippen molar-refractivity contribution in [2.45, 2.75) is 263 Å². The monoisotopic (exact) mass is 1020 g/mol. The summed E-state index contributed by atoms with van der Waals surface area (Å²) in [5, 5.41) is 31.4. The van der Waals surface area contributed by atoms with Crippen molar-refractivity contribution in [3.8, 4) is 0 Å². The van der Waals surface area contributed by atoms with E-state index in [0.717, 1.165) is 128 Å².